The molecule has 0 unspecified atom stereocenters. The van der Waals surface area contributed by atoms with Crippen LogP contribution in [0.3, 0.4) is 0 Å². The largest absolute Gasteiger partial charge is 0.432 e. The average Bonchev–Trinajstić information content (AvgIpc) is 1.02. The lowest BCUT2D eigenvalue weighted by Crippen LogP contribution is -2.73. The van der Waals surface area contributed by atoms with Crippen LogP contribution < -0.4 is 0 Å². The number of fused-ring (bicyclic) bond motifs is 7. The van der Waals surface area contributed by atoms with Gasteiger partial charge >= 0.3 is 5.97 Å². The summed E-state index contributed by atoms with van der Waals surface area (Å²) in [5.74, 6) is -3.02. The van der Waals surface area contributed by atoms with E-state index in [0.29, 0.717) is 19.3 Å². The molecule has 7 saturated heterocycles. The molecule has 7 aliphatic heterocycles. The van der Waals surface area contributed by atoms with Crippen molar-refractivity contribution in [2.75, 3.05) is 39.6 Å². The van der Waals surface area contributed by atoms with Crippen molar-refractivity contribution in [2.24, 2.45) is 50.2 Å². The summed E-state index contributed by atoms with van der Waals surface area (Å²) in [6.07, 6.45) is -54.8. The highest BCUT2D eigenvalue weighted by atomic mass is 16.8. The molecule has 0 spiro atoms. The van der Waals surface area contributed by atoms with Crippen LogP contribution in [0.25, 0.3) is 0 Å². The summed E-state index contributed by atoms with van der Waals surface area (Å²) in [5.41, 5.74) is -8.09. The molecule has 21 N–H and O–H groups in total. The fourth-order valence-corrected chi connectivity index (χ4v) is 20.4. The highest BCUT2D eigenvalue weighted by Crippen LogP contribution is 2.76. The Bertz CT molecular complexity index is 3030. The number of hydrogen-bond donors (Lipinski definition) is 21. The van der Waals surface area contributed by atoms with Crippen LogP contribution in [0.5, 0.6) is 0 Å². The van der Waals surface area contributed by atoms with Crippen LogP contribution >= 0.6 is 0 Å². The topological polar surface area (TPSA) is 571 Å². The molecule has 43 atom stereocenters. The van der Waals surface area contributed by atoms with Crippen LogP contribution in [0.4, 0.5) is 0 Å². The van der Waals surface area contributed by atoms with Crippen molar-refractivity contribution in [1.82, 2.24) is 0 Å². The molecule has 7 heterocycles. The summed E-state index contributed by atoms with van der Waals surface area (Å²) < 4.78 is 83.8. The maximum Gasteiger partial charge on any atom is 0.317 e. The zero-order valence-electron chi connectivity index (χ0n) is 60.1. The molecule has 12 aliphatic rings. The first kappa shape index (κ1) is 82.3. The van der Waals surface area contributed by atoms with E-state index in [0.717, 1.165) is 5.57 Å². The standard InChI is InChI=1S/C69H112O36/c1-24-36(78)40(82)42(84)56(95-24)100-48-32(76)20-92-55(44(48)86)99-47-26(3)97-58(46(88)50(47)102-57-43(85)41(83)37(79)25(2)96-57)103-51-38(80)31(75)19-93-60(51)105-62(90)69-13-12-63(4,5)14-28(69)27-10-11-34-64(6)15-30(74)54(65(7,21-71)52(64)29(73)16-67(34,9)66(27,8)17-35(69)77)104-59-45(87)49(39(81)33(18-70)98-59)101-61-53(89)68(91,22-72)23-94-61/h10,24-26,28-61,70-89,91H,11-23H2,1-9H3/t24-,25-,26-,28-,29+,30-,31+,32+,33+,34+,35+,36-,37-,38-,39+,40+,41+,42+,43+,44+,45+,46+,47-,48-,49-,50-,51+,52+,53-,54-,55-,56-,57-,58-,59-,60-,61-,64+,65-,66+,67+,68+,69+/m0/s1. The Hall–Kier alpha value is -2.15. The Morgan fingerprint density at radius 2 is 1.03 bits per heavy atom. The Morgan fingerprint density at radius 3 is 1.64 bits per heavy atom. The van der Waals surface area contributed by atoms with E-state index < -0.39 is 310 Å². The van der Waals surface area contributed by atoms with Gasteiger partial charge in [0.15, 0.2) is 43.8 Å². The maximum absolute atomic E-state index is 15.8. The summed E-state index contributed by atoms with van der Waals surface area (Å²) in [6, 6.07) is 0. The van der Waals surface area contributed by atoms with E-state index in [9.17, 15) is 107 Å². The van der Waals surface area contributed by atoms with Gasteiger partial charge in [-0.05, 0) is 99.2 Å². The molecule has 0 amide bonds. The van der Waals surface area contributed by atoms with E-state index in [1.807, 2.05) is 34.6 Å². The van der Waals surface area contributed by atoms with E-state index in [1.54, 1.807) is 6.92 Å². The number of ether oxygens (including phenoxy) is 14. The molecule has 604 valence electrons. The van der Waals surface area contributed by atoms with E-state index in [4.69, 9.17) is 66.3 Å². The zero-order valence-corrected chi connectivity index (χ0v) is 60.1. The molecule has 4 saturated carbocycles. The van der Waals surface area contributed by atoms with Gasteiger partial charge in [0.2, 0.25) is 6.29 Å². The van der Waals surface area contributed by atoms with Crippen LogP contribution in [0, 0.1) is 50.2 Å². The molecule has 0 aromatic carbocycles. The molecule has 0 aromatic heterocycles. The Kier molecular flexibility index (Phi) is 23.8. The van der Waals surface area contributed by atoms with Gasteiger partial charge in [-0.3, -0.25) is 4.79 Å². The number of carbonyl (C=O) groups is 1. The molecule has 36 nitrogen and oxygen atoms in total. The molecule has 36 heteroatoms. The maximum atomic E-state index is 15.8. The van der Waals surface area contributed by atoms with Crippen molar-refractivity contribution in [1.29, 1.82) is 0 Å². The van der Waals surface area contributed by atoms with Crippen LogP contribution in [0.1, 0.15) is 107 Å². The van der Waals surface area contributed by atoms with Crippen molar-refractivity contribution in [3.63, 3.8) is 0 Å². The molecule has 0 bridgehead atoms. The monoisotopic (exact) mass is 1520 g/mol. The summed E-state index contributed by atoms with van der Waals surface area (Å²) in [4.78, 5) is 15.8. The SMILES string of the molecule is C[C@@H]1O[C@@H](O[C@@H]2[C@@H](O)[C@H](O[C@@H]3[C@@H](O[C@@H]4O[C@@H](C)[C@H](O)[C@@H](O)[C@H]4O)[C@@H](O)[C@H](O[C@H]4[C@H](OC(=O)[C@]56CCC(C)(C)C[C@H]5C5=CC[C@@H]7[C@@]8(C)C[C@H](O)[C@H](O[C@@H]9O[C@H](CO)[C@@H](O)[C@H](O[C@@H]%10OC[C@](O)(CO)[C@H]%10O)[C@H]9O)[C@@](C)(CO)[C@@H]8[C@H](O)C[C@@]7(C)[C@]5(C)C[C@H]6O)OC[C@@H](O)[C@@H]4O)O[C@H]3C)OC[C@H]2O)[C@H](O)[C@H](O)[C@H]1O. The molecule has 0 aromatic rings. The van der Waals surface area contributed by atoms with Crippen LogP contribution in [0.15, 0.2) is 11.6 Å². The quantitative estimate of drug-likeness (QED) is 0.0365. The van der Waals surface area contributed by atoms with Crippen molar-refractivity contribution in [3.8, 4) is 0 Å². The van der Waals surface area contributed by atoms with E-state index in [1.165, 1.54) is 20.8 Å². The fraction of sp³-hybridized carbons (Fsp3) is 0.957. The van der Waals surface area contributed by atoms with E-state index >= 15 is 4.79 Å². The summed E-state index contributed by atoms with van der Waals surface area (Å²) in [7, 11) is 0. The second kappa shape index (κ2) is 30.3. The second-order valence-electron chi connectivity index (χ2n) is 33.7. The van der Waals surface area contributed by atoms with Crippen LogP contribution in [-0.4, -0.2) is 367 Å². The lowest BCUT2D eigenvalue weighted by atomic mass is 9.32. The zero-order chi connectivity index (χ0) is 76.8. The fourth-order valence-electron chi connectivity index (χ4n) is 20.4. The molecule has 105 heavy (non-hydrogen) atoms. The predicted molar refractivity (Wildman–Crippen MR) is 344 cm³/mol. The number of rotatable bonds is 17. The number of aliphatic hydroxyl groups excluding tert-OH is 20. The average molecular weight is 1520 g/mol. The van der Waals surface area contributed by atoms with E-state index in [2.05, 4.69) is 6.08 Å². The van der Waals surface area contributed by atoms with Gasteiger partial charge in [-0.25, -0.2) is 0 Å². The summed E-state index contributed by atoms with van der Waals surface area (Å²) >= 11 is 0. The molecule has 5 aliphatic carbocycles. The first-order valence-corrected chi connectivity index (χ1v) is 36.6. The number of hydrogen-bond acceptors (Lipinski definition) is 36. The normalized spacial score (nSPS) is 56.5. The molecule has 0 radical (unpaired) electrons. The Morgan fingerprint density at radius 1 is 0.486 bits per heavy atom. The molecular weight excluding hydrogens is 1400 g/mol. The predicted octanol–water partition coefficient (Wildman–Crippen LogP) is -7.68. The number of allylic oxidation sites excluding steroid dienone is 2. The smallest absolute Gasteiger partial charge is 0.317 e. The minimum absolute atomic E-state index is 0.0580. The third-order valence-corrected chi connectivity index (χ3v) is 26.6. The minimum Gasteiger partial charge on any atom is -0.432 e. The van der Waals surface area contributed by atoms with Crippen molar-refractivity contribution < 1.29 is 178 Å². The second-order valence-corrected chi connectivity index (χ2v) is 33.7. The molecule has 12 rings (SSSR count). The molecule has 11 fully saturated rings. The van der Waals surface area contributed by atoms with Gasteiger partial charge in [0.05, 0.1) is 82.4 Å². The Balaban J connectivity index is 0.792. The highest BCUT2D eigenvalue weighted by Gasteiger charge is 2.75. The van der Waals surface area contributed by atoms with E-state index in [-0.39, 0.29) is 25.7 Å². The lowest BCUT2D eigenvalue weighted by Gasteiger charge is -2.73. The first-order valence-electron chi connectivity index (χ1n) is 36.6. The van der Waals surface area contributed by atoms with Gasteiger partial charge < -0.3 is 174 Å². The van der Waals surface area contributed by atoms with Crippen molar-refractivity contribution >= 4 is 5.97 Å². The first-order chi connectivity index (χ1) is 49.1. The molecular formula is C69H112O36. The van der Waals surface area contributed by atoms with Gasteiger partial charge in [0.25, 0.3) is 0 Å². The van der Waals surface area contributed by atoms with Crippen LogP contribution in [0.2, 0.25) is 0 Å². The van der Waals surface area contributed by atoms with Crippen molar-refractivity contribution in [3.05, 3.63) is 11.6 Å². The van der Waals surface area contributed by atoms with Gasteiger partial charge in [0.1, 0.15) is 127 Å². The number of carbonyl (C=O) groups excluding carboxylic acids is 1. The third-order valence-electron chi connectivity index (χ3n) is 26.6. The summed E-state index contributed by atoms with van der Waals surface area (Å²) in [5, 5.41) is 238. The number of esters is 1. The highest BCUT2D eigenvalue weighted by molar-refractivity contribution is 5.80. The van der Waals surface area contributed by atoms with Gasteiger partial charge in [0, 0.05) is 11.3 Å². The third kappa shape index (κ3) is 13.8. The lowest BCUT2D eigenvalue weighted by molar-refractivity contribution is -0.395. The van der Waals surface area contributed by atoms with Crippen LogP contribution in [-0.2, 0) is 71.1 Å². The van der Waals surface area contributed by atoms with Gasteiger partial charge in [-0.1, -0.05) is 53.2 Å². The van der Waals surface area contributed by atoms with Crippen molar-refractivity contribution in [2.45, 2.75) is 322 Å². The van der Waals surface area contributed by atoms with Gasteiger partial charge in [-0.2, -0.15) is 0 Å². The minimum atomic E-state index is -2.14. The van der Waals surface area contributed by atoms with Gasteiger partial charge in [-0.15, -0.1) is 0 Å². The summed E-state index contributed by atoms with van der Waals surface area (Å²) in [6.45, 7) is 11.5. The Labute approximate surface area is 605 Å². The number of aliphatic hydroxyl groups is 21.